The van der Waals surface area contributed by atoms with Crippen molar-refractivity contribution >= 4 is 38.7 Å². The molecule has 0 spiro atoms. The van der Waals surface area contributed by atoms with Crippen molar-refractivity contribution < 1.29 is 8.42 Å². The average Bonchev–Trinajstić information content (AvgIpc) is 2.44. The molecule has 2 aromatic carbocycles. The maximum atomic E-state index is 11.8. The molecular weight excluding hydrogens is 310 g/mol. The minimum atomic E-state index is -3.53. The number of anilines is 3. The third kappa shape index (κ3) is 3.29. The molecule has 2 rings (SSSR count). The predicted molar refractivity (Wildman–Crippen MR) is 86.6 cm³/mol. The summed E-state index contributed by atoms with van der Waals surface area (Å²) in [7, 11) is -2.17. The number of para-hydroxylation sites is 1. The van der Waals surface area contributed by atoms with Crippen molar-refractivity contribution in [3.8, 4) is 0 Å². The quantitative estimate of drug-likeness (QED) is 0.755. The van der Waals surface area contributed by atoms with E-state index in [1.54, 1.807) is 12.1 Å². The number of nitrogen functional groups attached to an aromatic ring is 1. The monoisotopic (exact) mass is 325 g/mol. The van der Waals surface area contributed by atoms with E-state index in [1.807, 2.05) is 19.1 Å². The highest BCUT2D eigenvalue weighted by Crippen LogP contribution is 2.32. The summed E-state index contributed by atoms with van der Waals surface area (Å²) in [5.41, 5.74) is 8.46. The number of nitrogens with one attached hydrogen (secondary N) is 2. The summed E-state index contributed by atoms with van der Waals surface area (Å²) in [4.78, 5) is 0.131. The van der Waals surface area contributed by atoms with Crippen LogP contribution in [0.15, 0.2) is 41.3 Å². The van der Waals surface area contributed by atoms with Gasteiger partial charge < -0.3 is 11.1 Å². The maximum absolute atomic E-state index is 11.8. The molecule has 7 heteroatoms. The van der Waals surface area contributed by atoms with Crippen molar-refractivity contribution in [3.05, 3.63) is 47.0 Å². The molecule has 0 aliphatic carbocycles. The van der Waals surface area contributed by atoms with Crippen LogP contribution in [0.4, 0.5) is 17.1 Å². The fourth-order valence-electron chi connectivity index (χ4n) is 1.85. The molecule has 0 aliphatic rings. The number of sulfonamides is 1. The highest BCUT2D eigenvalue weighted by molar-refractivity contribution is 7.89. The lowest BCUT2D eigenvalue weighted by Crippen LogP contribution is -2.18. The highest BCUT2D eigenvalue weighted by Gasteiger charge is 2.14. The zero-order chi connectivity index (χ0) is 15.6. The Hall–Kier alpha value is -1.76. The van der Waals surface area contributed by atoms with Crippen LogP contribution >= 0.6 is 11.6 Å². The van der Waals surface area contributed by atoms with E-state index in [0.717, 1.165) is 5.56 Å². The Labute approximate surface area is 129 Å². The first kappa shape index (κ1) is 15.6. The number of rotatable bonds is 4. The van der Waals surface area contributed by atoms with Crippen LogP contribution in [0, 0.1) is 6.92 Å². The topological polar surface area (TPSA) is 84.2 Å². The molecule has 4 N–H and O–H groups in total. The number of hydrogen-bond acceptors (Lipinski definition) is 4. The minimum absolute atomic E-state index is 0.131. The van der Waals surface area contributed by atoms with Crippen molar-refractivity contribution in [1.82, 2.24) is 4.72 Å². The summed E-state index contributed by atoms with van der Waals surface area (Å²) in [5, 5.41) is 3.63. The molecule has 5 nitrogen and oxygen atoms in total. The van der Waals surface area contributed by atoms with E-state index in [1.165, 1.54) is 19.2 Å². The van der Waals surface area contributed by atoms with Crippen molar-refractivity contribution in [3.63, 3.8) is 0 Å². The van der Waals surface area contributed by atoms with Gasteiger partial charge in [-0.1, -0.05) is 23.7 Å². The second-order valence-electron chi connectivity index (χ2n) is 4.51. The Bertz CT molecular complexity index is 756. The second-order valence-corrected chi connectivity index (χ2v) is 6.81. The van der Waals surface area contributed by atoms with E-state index in [2.05, 4.69) is 10.0 Å². The fraction of sp³-hybridized carbons (Fsp3) is 0.143. The van der Waals surface area contributed by atoms with Crippen LogP contribution in [0.1, 0.15) is 5.56 Å². The van der Waals surface area contributed by atoms with Crippen molar-refractivity contribution in [2.45, 2.75) is 11.8 Å². The summed E-state index contributed by atoms with van der Waals surface area (Å²) < 4.78 is 26.0. The van der Waals surface area contributed by atoms with Crippen LogP contribution in [0.5, 0.6) is 0 Å². The molecule has 0 saturated carbocycles. The Morgan fingerprint density at radius 1 is 1.19 bits per heavy atom. The molecule has 0 bridgehead atoms. The van der Waals surface area contributed by atoms with Gasteiger partial charge >= 0.3 is 0 Å². The van der Waals surface area contributed by atoms with Crippen molar-refractivity contribution in [2.24, 2.45) is 0 Å². The summed E-state index contributed by atoms with van der Waals surface area (Å²) in [6, 6.07) is 9.96. The van der Waals surface area contributed by atoms with Crippen LogP contribution in [0.3, 0.4) is 0 Å². The van der Waals surface area contributed by atoms with Gasteiger partial charge in [-0.15, -0.1) is 0 Å². The zero-order valence-corrected chi connectivity index (χ0v) is 13.2. The molecule has 0 atom stereocenters. The largest absolute Gasteiger partial charge is 0.397 e. The first-order chi connectivity index (χ1) is 9.85. The molecule has 0 saturated heterocycles. The molecule has 2 aromatic rings. The van der Waals surface area contributed by atoms with Gasteiger partial charge in [-0.3, -0.25) is 0 Å². The normalized spacial score (nSPS) is 11.4. The van der Waals surface area contributed by atoms with Crippen LogP contribution < -0.4 is 15.8 Å². The Kier molecular flexibility index (Phi) is 4.41. The molecule has 0 heterocycles. The van der Waals surface area contributed by atoms with Crippen LogP contribution in [-0.2, 0) is 10.0 Å². The smallest absolute Gasteiger partial charge is 0.240 e. The van der Waals surface area contributed by atoms with Crippen LogP contribution in [0.25, 0.3) is 0 Å². The molecule has 112 valence electrons. The van der Waals surface area contributed by atoms with Gasteiger partial charge in [0.2, 0.25) is 10.0 Å². The molecule has 0 fully saturated rings. The summed E-state index contributed by atoms with van der Waals surface area (Å²) >= 11 is 6.15. The maximum Gasteiger partial charge on any atom is 0.240 e. The lowest BCUT2D eigenvalue weighted by atomic mass is 10.2. The van der Waals surface area contributed by atoms with Gasteiger partial charge in [-0.05, 0) is 43.8 Å². The highest BCUT2D eigenvalue weighted by atomic mass is 35.5. The van der Waals surface area contributed by atoms with E-state index >= 15 is 0 Å². The number of aryl methyl sites for hydroxylation is 1. The average molecular weight is 326 g/mol. The molecule has 0 aliphatic heterocycles. The number of benzene rings is 2. The van der Waals surface area contributed by atoms with Gasteiger partial charge in [0.1, 0.15) is 0 Å². The minimum Gasteiger partial charge on any atom is -0.397 e. The van der Waals surface area contributed by atoms with Gasteiger partial charge in [0, 0.05) is 0 Å². The van der Waals surface area contributed by atoms with Gasteiger partial charge in [0.05, 0.1) is 27.0 Å². The molecule has 0 amide bonds. The number of nitrogens with two attached hydrogens (primary N) is 1. The zero-order valence-electron chi connectivity index (χ0n) is 11.6. The first-order valence-corrected chi connectivity index (χ1v) is 8.06. The van der Waals surface area contributed by atoms with Crippen molar-refractivity contribution in [2.75, 3.05) is 18.1 Å². The first-order valence-electron chi connectivity index (χ1n) is 6.20. The van der Waals surface area contributed by atoms with Crippen LogP contribution in [-0.4, -0.2) is 15.5 Å². The van der Waals surface area contributed by atoms with E-state index in [4.69, 9.17) is 17.3 Å². The van der Waals surface area contributed by atoms with Gasteiger partial charge in [0.15, 0.2) is 0 Å². The van der Waals surface area contributed by atoms with Gasteiger partial charge in [-0.2, -0.15) is 0 Å². The van der Waals surface area contributed by atoms with Gasteiger partial charge in [0.25, 0.3) is 0 Å². The third-order valence-corrected chi connectivity index (χ3v) is 4.81. The number of hydrogen-bond donors (Lipinski definition) is 3. The molecule has 0 unspecified atom stereocenters. The lowest BCUT2D eigenvalue weighted by Gasteiger charge is -2.14. The van der Waals surface area contributed by atoms with E-state index in [-0.39, 0.29) is 4.90 Å². The Morgan fingerprint density at radius 3 is 2.52 bits per heavy atom. The van der Waals surface area contributed by atoms with E-state index < -0.39 is 10.0 Å². The predicted octanol–water partition coefficient (Wildman–Crippen LogP) is 2.88. The van der Waals surface area contributed by atoms with E-state index in [0.29, 0.717) is 22.1 Å². The number of halogens is 1. The summed E-state index contributed by atoms with van der Waals surface area (Å²) in [6.45, 7) is 1.90. The summed E-state index contributed by atoms with van der Waals surface area (Å²) in [5.74, 6) is 0. The summed E-state index contributed by atoms with van der Waals surface area (Å²) in [6.07, 6.45) is 0. The van der Waals surface area contributed by atoms with Gasteiger partial charge in [-0.25, -0.2) is 13.1 Å². The molecular formula is C14H16ClN3O2S. The lowest BCUT2D eigenvalue weighted by molar-refractivity contribution is 0.588. The second kappa shape index (κ2) is 5.93. The van der Waals surface area contributed by atoms with Crippen molar-refractivity contribution in [1.29, 1.82) is 0 Å². The Morgan fingerprint density at radius 2 is 1.90 bits per heavy atom. The molecule has 0 radical (unpaired) electrons. The fourth-order valence-corrected chi connectivity index (χ4v) is 2.88. The molecule has 21 heavy (non-hydrogen) atoms. The van der Waals surface area contributed by atoms with E-state index in [9.17, 15) is 8.42 Å². The van der Waals surface area contributed by atoms with Crippen LogP contribution in [0.2, 0.25) is 5.02 Å². The Balaban J connectivity index is 2.48. The SMILES string of the molecule is CNS(=O)(=O)c1ccc(N)c(Nc2c(C)cccc2Cl)c1. The molecule has 0 aromatic heterocycles. The third-order valence-electron chi connectivity index (χ3n) is 3.09. The standard InChI is InChI=1S/C14H16ClN3O2S/c1-9-4-3-5-11(15)14(9)18-13-8-10(6-7-12(13)16)21(19,20)17-2/h3-8,17-18H,16H2,1-2H3.